The van der Waals surface area contributed by atoms with E-state index in [2.05, 4.69) is 19.2 Å². The number of carbonyl (C=O) groups excluding carboxylic acids is 2. The largest absolute Gasteiger partial charge is 0.483 e. The second kappa shape index (κ2) is 12.5. The van der Waals surface area contributed by atoms with Crippen molar-refractivity contribution in [3.8, 4) is 5.75 Å². The summed E-state index contributed by atoms with van der Waals surface area (Å²) in [6.07, 6.45) is 5.41. The van der Waals surface area contributed by atoms with Gasteiger partial charge in [0.05, 0.1) is 10.0 Å². The normalized spacial score (nSPS) is 15.1. The molecule has 2 aromatic rings. The van der Waals surface area contributed by atoms with Crippen molar-refractivity contribution in [1.82, 2.24) is 10.2 Å². The van der Waals surface area contributed by atoms with Crippen molar-refractivity contribution < 1.29 is 14.3 Å². The molecule has 0 aromatic heterocycles. The number of carbonyl (C=O) groups is 2. The van der Waals surface area contributed by atoms with Gasteiger partial charge in [0.2, 0.25) is 5.91 Å². The van der Waals surface area contributed by atoms with Crippen molar-refractivity contribution in [2.24, 2.45) is 0 Å². The van der Waals surface area contributed by atoms with Crippen LogP contribution in [0.4, 0.5) is 0 Å². The molecule has 1 fully saturated rings. The van der Waals surface area contributed by atoms with E-state index in [4.69, 9.17) is 27.9 Å². The third-order valence-electron chi connectivity index (χ3n) is 6.35. The summed E-state index contributed by atoms with van der Waals surface area (Å²) in [7, 11) is 0. The second-order valence-electron chi connectivity index (χ2n) is 9.27. The summed E-state index contributed by atoms with van der Waals surface area (Å²) in [5, 5.41) is 3.99. The highest BCUT2D eigenvalue weighted by Crippen LogP contribution is 2.27. The Bertz CT molecular complexity index is 990. The Labute approximate surface area is 212 Å². The lowest BCUT2D eigenvalue weighted by Crippen LogP contribution is -2.51. The predicted octanol–water partition coefficient (Wildman–Crippen LogP) is 6.36. The lowest BCUT2D eigenvalue weighted by molar-refractivity contribution is -0.142. The van der Waals surface area contributed by atoms with Crippen molar-refractivity contribution in [2.45, 2.75) is 77.4 Å². The monoisotopic (exact) mass is 504 g/mol. The minimum absolute atomic E-state index is 0.150. The van der Waals surface area contributed by atoms with Gasteiger partial charge >= 0.3 is 0 Å². The van der Waals surface area contributed by atoms with Gasteiger partial charge in [-0.25, -0.2) is 0 Å². The van der Waals surface area contributed by atoms with E-state index < -0.39 is 6.04 Å². The molecule has 34 heavy (non-hydrogen) atoms. The van der Waals surface area contributed by atoms with Gasteiger partial charge in [-0.3, -0.25) is 9.59 Å². The quantitative estimate of drug-likeness (QED) is 0.431. The number of nitrogens with zero attached hydrogens (tertiary/aromatic N) is 1. The SMILES string of the molecule is CC(C)c1ccccc1OCC(=O)N(Cc1ccc(Cl)c(Cl)c1)[C@@H](C)C(=O)NC1CCCCC1. The fourth-order valence-corrected chi connectivity index (χ4v) is 4.62. The lowest BCUT2D eigenvalue weighted by Gasteiger charge is -2.31. The van der Waals surface area contributed by atoms with Crippen LogP contribution >= 0.6 is 23.2 Å². The maximum atomic E-state index is 13.4. The fourth-order valence-electron chi connectivity index (χ4n) is 4.30. The van der Waals surface area contributed by atoms with Crippen LogP contribution < -0.4 is 10.1 Å². The molecule has 0 aliphatic heterocycles. The molecule has 0 saturated heterocycles. The zero-order chi connectivity index (χ0) is 24.7. The number of rotatable bonds is 9. The third-order valence-corrected chi connectivity index (χ3v) is 7.09. The molecule has 0 spiro atoms. The Kier molecular flexibility index (Phi) is 9.66. The summed E-state index contributed by atoms with van der Waals surface area (Å²) in [6.45, 7) is 5.99. The maximum absolute atomic E-state index is 13.4. The molecule has 0 radical (unpaired) electrons. The van der Waals surface area contributed by atoms with E-state index in [0.29, 0.717) is 15.8 Å². The number of amides is 2. The van der Waals surface area contributed by atoms with Gasteiger partial charge in [0.15, 0.2) is 6.61 Å². The first kappa shape index (κ1) is 26.4. The number of benzene rings is 2. The van der Waals surface area contributed by atoms with Gasteiger partial charge in [0.1, 0.15) is 11.8 Å². The zero-order valence-corrected chi connectivity index (χ0v) is 21.7. The highest BCUT2D eigenvalue weighted by molar-refractivity contribution is 6.42. The van der Waals surface area contributed by atoms with Gasteiger partial charge in [-0.05, 0) is 55.0 Å². The van der Waals surface area contributed by atoms with E-state index in [1.165, 1.54) is 6.42 Å². The molecular formula is C27H34Cl2N2O3. The summed E-state index contributed by atoms with van der Waals surface area (Å²) in [5.74, 6) is 0.525. The first-order valence-corrected chi connectivity index (χ1v) is 12.8. The molecule has 1 aliphatic carbocycles. The first-order chi connectivity index (χ1) is 16.3. The van der Waals surface area contributed by atoms with Crippen molar-refractivity contribution in [3.05, 3.63) is 63.6 Å². The minimum atomic E-state index is -0.659. The van der Waals surface area contributed by atoms with Crippen LogP contribution in [-0.2, 0) is 16.1 Å². The van der Waals surface area contributed by atoms with E-state index in [1.54, 1.807) is 24.0 Å². The molecule has 2 aromatic carbocycles. The summed E-state index contributed by atoms with van der Waals surface area (Å²) < 4.78 is 5.93. The van der Waals surface area contributed by atoms with Crippen LogP contribution in [0.3, 0.4) is 0 Å². The van der Waals surface area contributed by atoms with Gasteiger partial charge in [-0.15, -0.1) is 0 Å². The summed E-state index contributed by atoms with van der Waals surface area (Å²) in [5.41, 5.74) is 1.83. The standard InChI is InChI=1S/C27H34Cl2N2O3/c1-18(2)22-11-7-8-12-25(22)34-17-26(32)31(16-20-13-14-23(28)24(29)15-20)19(3)27(33)30-21-9-5-4-6-10-21/h7-8,11-15,18-19,21H,4-6,9-10,16-17H2,1-3H3,(H,30,33)/t19-/m0/s1. The molecule has 184 valence electrons. The third kappa shape index (κ3) is 7.13. The molecule has 3 rings (SSSR count). The molecule has 5 nitrogen and oxygen atoms in total. The van der Waals surface area contributed by atoms with Gasteiger partial charge < -0.3 is 15.0 Å². The molecule has 7 heteroatoms. The van der Waals surface area contributed by atoms with Gasteiger partial charge in [0, 0.05) is 12.6 Å². The number of nitrogens with one attached hydrogen (secondary N) is 1. The van der Waals surface area contributed by atoms with E-state index in [9.17, 15) is 9.59 Å². The van der Waals surface area contributed by atoms with Crippen molar-refractivity contribution in [1.29, 1.82) is 0 Å². The molecule has 0 heterocycles. The van der Waals surface area contributed by atoms with E-state index in [1.807, 2.05) is 30.3 Å². The lowest BCUT2D eigenvalue weighted by atomic mass is 9.95. The summed E-state index contributed by atoms with van der Waals surface area (Å²) >= 11 is 12.3. The Balaban J connectivity index is 1.76. The highest BCUT2D eigenvalue weighted by Gasteiger charge is 2.28. The number of hydrogen-bond donors (Lipinski definition) is 1. The second-order valence-corrected chi connectivity index (χ2v) is 10.1. The summed E-state index contributed by atoms with van der Waals surface area (Å²) in [6, 6.07) is 12.5. The fraction of sp³-hybridized carbons (Fsp3) is 0.481. The number of halogens is 2. The summed E-state index contributed by atoms with van der Waals surface area (Å²) in [4.78, 5) is 28.0. The van der Waals surface area contributed by atoms with Crippen LogP contribution in [0.15, 0.2) is 42.5 Å². The van der Waals surface area contributed by atoms with Crippen LogP contribution in [0.2, 0.25) is 10.0 Å². The van der Waals surface area contributed by atoms with Crippen LogP contribution in [0.25, 0.3) is 0 Å². The topological polar surface area (TPSA) is 58.6 Å². The van der Waals surface area contributed by atoms with E-state index >= 15 is 0 Å². The van der Waals surface area contributed by atoms with Crippen LogP contribution in [0.5, 0.6) is 5.75 Å². The van der Waals surface area contributed by atoms with Crippen molar-refractivity contribution >= 4 is 35.0 Å². The minimum Gasteiger partial charge on any atom is -0.483 e. The molecular weight excluding hydrogens is 471 g/mol. The van der Waals surface area contributed by atoms with E-state index in [0.717, 1.165) is 36.8 Å². The molecule has 2 amide bonds. The molecule has 1 aliphatic rings. The van der Waals surface area contributed by atoms with Crippen LogP contribution in [0, 0.1) is 0 Å². The number of para-hydroxylation sites is 1. The predicted molar refractivity (Wildman–Crippen MR) is 138 cm³/mol. The molecule has 0 unspecified atom stereocenters. The molecule has 1 saturated carbocycles. The number of ether oxygens (including phenoxy) is 1. The van der Waals surface area contributed by atoms with Crippen molar-refractivity contribution in [2.75, 3.05) is 6.61 Å². The average Bonchev–Trinajstić information content (AvgIpc) is 2.83. The van der Waals surface area contributed by atoms with Gasteiger partial charge in [-0.1, -0.05) is 80.6 Å². The Morgan fingerprint density at radius 3 is 2.41 bits per heavy atom. The van der Waals surface area contributed by atoms with E-state index in [-0.39, 0.29) is 36.9 Å². The Morgan fingerprint density at radius 2 is 1.74 bits per heavy atom. The zero-order valence-electron chi connectivity index (χ0n) is 20.2. The molecule has 1 N–H and O–H groups in total. The first-order valence-electron chi connectivity index (χ1n) is 12.0. The Hall–Kier alpha value is -2.24. The van der Waals surface area contributed by atoms with Gasteiger partial charge in [0.25, 0.3) is 5.91 Å². The van der Waals surface area contributed by atoms with Crippen LogP contribution in [-0.4, -0.2) is 35.4 Å². The molecule has 1 atom stereocenters. The van der Waals surface area contributed by atoms with Gasteiger partial charge in [-0.2, -0.15) is 0 Å². The molecule has 0 bridgehead atoms. The highest BCUT2D eigenvalue weighted by atomic mass is 35.5. The smallest absolute Gasteiger partial charge is 0.261 e. The maximum Gasteiger partial charge on any atom is 0.261 e. The average molecular weight is 505 g/mol. The Morgan fingerprint density at radius 1 is 1.03 bits per heavy atom. The van der Waals surface area contributed by atoms with Crippen LogP contribution in [0.1, 0.15) is 69.9 Å². The number of hydrogen-bond acceptors (Lipinski definition) is 3. The van der Waals surface area contributed by atoms with Crippen molar-refractivity contribution in [3.63, 3.8) is 0 Å².